The maximum atomic E-state index is 11.0. The molecule has 0 radical (unpaired) electrons. The summed E-state index contributed by atoms with van der Waals surface area (Å²) >= 11 is 0. The highest BCUT2D eigenvalue weighted by atomic mass is 16.8. The van der Waals surface area contributed by atoms with Gasteiger partial charge in [-0.15, -0.1) is 0 Å². The quantitative estimate of drug-likeness (QED) is 0.630. The zero-order chi connectivity index (χ0) is 14.8. The van der Waals surface area contributed by atoms with E-state index in [9.17, 15) is 19.2 Å². The predicted octanol–water partition coefficient (Wildman–Crippen LogP) is 0.859. The second kappa shape index (κ2) is 8.90. The van der Waals surface area contributed by atoms with Crippen molar-refractivity contribution in [1.29, 1.82) is 0 Å². The lowest BCUT2D eigenvalue weighted by Crippen LogP contribution is -2.24. The minimum absolute atomic E-state index is 0.258. The lowest BCUT2D eigenvalue weighted by molar-refractivity contribution is -0.122. The molecule has 0 bridgehead atoms. The number of Topliss-reactive ketones (excluding diaryl/α,β-unsaturated/α-hetero) is 2. The van der Waals surface area contributed by atoms with Crippen LogP contribution in [0.25, 0.3) is 0 Å². The van der Waals surface area contributed by atoms with Crippen LogP contribution in [0.15, 0.2) is 0 Å². The SMILES string of the molecule is CC(=O)COC(=O)OCC(C)OC(=O)OCC(C)=O. The van der Waals surface area contributed by atoms with E-state index in [0.717, 1.165) is 0 Å². The Labute approximate surface area is 109 Å². The van der Waals surface area contributed by atoms with Gasteiger partial charge in [-0.2, -0.15) is 0 Å². The minimum Gasteiger partial charge on any atom is -0.430 e. The van der Waals surface area contributed by atoms with Crippen LogP contribution >= 0.6 is 0 Å². The van der Waals surface area contributed by atoms with Gasteiger partial charge in [-0.05, 0) is 20.8 Å². The number of carbonyl (C=O) groups excluding carboxylic acids is 4. The van der Waals surface area contributed by atoms with E-state index in [1.807, 2.05) is 0 Å². The summed E-state index contributed by atoms with van der Waals surface area (Å²) in [5, 5.41) is 0. The highest BCUT2D eigenvalue weighted by Gasteiger charge is 2.14. The zero-order valence-electron chi connectivity index (χ0n) is 11.0. The van der Waals surface area contributed by atoms with Crippen LogP contribution in [-0.2, 0) is 28.5 Å². The second-order valence-electron chi connectivity index (χ2n) is 3.72. The molecule has 0 aromatic rings. The number of hydrogen-bond donors (Lipinski definition) is 0. The van der Waals surface area contributed by atoms with Crippen molar-refractivity contribution in [3.63, 3.8) is 0 Å². The van der Waals surface area contributed by atoms with Gasteiger partial charge in [-0.1, -0.05) is 0 Å². The van der Waals surface area contributed by atoms with E-state index in [0.29, 0.717) is 0 Å². The Morgan fingerprint density at radius 3 is 1.79 bits per heavy atom. The van der Waals surface area contributed by atoms with E-state index in [2.05, 4.69) is 18.9 Å². The smallest absolute Gasteiger partial charge is 0.430 e. The summed E-state index contributed by atoms with van der Waals surface area (Å²) in [5.74, 6) is -0.650. The molecule has 0 heterocycles. The first-order chi connectivity index (χ1) is 8.81. The fourth-order valence-corrected chi connectivity index (χ4v) is 0.780. The average Bonchev–Trinajstić information content (AvgIpc) is 2.31. The first kappa shape index (κ1) is 16.9. The highest BCUT2D eigenvalue weighted by Crippen LogP contribution is 1.97. The molecule has 1 unspecified atom stereocenters. The Hall–Kier alpha value is -2.12. The first-order valence-corrected chi connectivity index (χ1v) is 5.43. The summed E-state index contributed by atoms with van der Waals surface area (Å²) in [6.45, 7) is 2.94. The largest absolute Gasteiger partial charge is 0.509 e. The number of ketones is 2. The van der Waals surface area contributed by atoms with Crippen LogP contribution in [0.2, 0.25) is 0 Å². The normalized spacial score (nSPS) is 11.1. The van der Waals surface area contributed by atoms with Crippen LogP contribution < -0.4 is 0 Å². The molecule has 0 saturated carbocycles. The molecule has 8 nitrogen and oxygen atoms in total. The molecule has 19 heavy (non-hydrogen) atoms. The van der Waals surface area contributed by atoms with Crippen molar-refractivity contribution in [2.75, 3.05) is 19.8 Å². The highest BCUT2D eigenvalue weighted by molar-refractivity contribution is 5.79. The standard InChI is InChI=1S/C11H16O8/c1-7(12)4-16-10(14)18-6-9(3)19-11(15)17-5-8(2)13/h9H,4-6H2,1-3H3. The lowest BCUT2D eigenvalue weighted by Gasteiger charge is -2.12. The lowest BCUT2D eigenvalue weighted by atomic mass is 10.4. The molecule has 0 rings (SSSR count). The first-order valence-electron chi connectivity index (χ1n) is 5.43. The molecule has 0 aliphatic carbocycles. The molecular weight excluding hydrogens is 260 g/mol. The molecule has 0 spiro atoms. The monoisotopic (exact) mass is 276 g/mol. The van der Waals surface area contributed by atoms with Crippen LogP contribution in [0, 0.1) is 0 Å². The van der Waals surface area contributed by atoms with Crippen LogP contribution in [0.1, 0.15) is 20.8 Å². The third-order valence-electron chi connectivity index (χ3n) is 1.52. The zero-order valence-corrected chi connectivity index (χ0v) is 11.0. The summed E-state index contributed by atoms with van der Waals surface area (Å²) in [4.78, 5) is 43.0. The number of ether oxygens (including phenoxy) is 4. The predicted molar refractivity (Wildman–Crippen MR) is 60.6 cm³/mol. The molecule has 0 aliphatic rings. The third-order valence-corrected chi connectivity index (χ3v) is 1.52. The molecule has 8 heteroatoms. The van der Waals surface area contributed by atoms with Gasteiger partial charge in [0.1, 0.15) is 12.7 Å². The van der Waals surface area contributed by atoms with Crippen molar-refractivity contribution < 1.29 is 38.1 Å². The fraction of sp³-hybridized carbons (Fsp3) is 0.636. The van der Waals surface area contributed by atoms with Gasteiger partial charge in [0.2, 0.25) is 0 Å². The third kappa shape index (κ3) is 10.7. The molecule has 108 valence electrons. The second-order valence-corrected chi connectivity index (χ2v) is 3.72. The van der Waals surface area contributed by atoms with E-state index in [1.165, 1.54) is 20.8 Å². The van der Waals surface area contributed by atoms with Gasteiger partial charge >= 0.3 is 12.3 Å². The molecule has 0 saturated heterocycles. The van der Waals surface area contributed by atoms with E-state index >= 15 is 0 Å². The number of rotatable bonds is 7. The Morgan fingerprint density at radius 2 is 1.32 bits per heavy atom. The van der Waals surface area contributed by atoms with Crippen molar-refractivity contribution >= 4 is 23.9 Å². The van der Waals surface area contributed by atoms with Gasteiger partial charge < -0.3 is 18.9 Å². The van der Waals surface area contributed by atoms with Gasteiger partial charge in [0.15, 0.2) is 24.8 Å². The van der Waals surface area contributed by atoms with Crippen LogP contribution in [0.4, 0.5) is 9.59 Å². The summed E-state index contributed by atoms with van der Waals surface area (Å²) in [6.07, 6.45) is -2.85. The van der Waals surface area contributed by atoms with Gasteiger partial charge in [-0.25, -0.2) is 9.59 Å². The van der Waals surface area contributed by atoms with Crippen molar-refractivity contribution in [2.24, 2.45) is 0 Å². The summed E-state index contributed by atoms with van der Waals surface area (Å²) in [6, 6.07) is 0. The van der Waals surface area contributed by atoms with Crippen molar-refractivity contribution in [3.8, 4) is 0 Å². The van der Waals surface area contributed by atoms with E-state index < -0.39 is 18.4 Å². The number of carbonyl (C=O) groups is 4. The summed E-state index contributed by atoms with van der Waals surface area (Å²) in [5.41, 5.74) is 0. The average molecular weight is 276 g/mol. The van der Waals surface area contributed by atoms with Gasteiger partial charge in [0.25, 0.3) is 0 Å². The molecular formula is C11H16O8. The number of hydrogen-bond acceptors (Lipinski definition) is 8. The molecule has 1 atom stereocenters. The van der Waals surface area contributed by atoms with E-state index in [4.69, 9.17) is 0 Å². The molecule has 0 aromatic heterocycles. The van der Waals surface area contributed by atoms with Crippen LogP contribution in [0.5, 0.6) is 0 Å². The molecule has 0 N–H and O–H groups in total. The van der Waals surface area contributed by atoms with Crippen LogP contribution in [-0.4, -0.2) is 49.8 Å². The Kier molecular flexibility index (Phi) is 7.90. The molecule has 0 aliphatic heterocycles. The topological polar surface area (TPSA) is 105 Å². The Bertz CT molecular complexity index is 349. The van der Waals surface area contributed by atoms with Crippen molar-refractivity contribution in [3.05, 3.63) is 0 Å². The van der Waals surface area contributed by atoms with Crippen LogP contribution in [0.3, 0.4) is 0 Å². The summed E-state index contributed by atoms with van der Waals surface area (Å²) < 4.78 is 18.1. The van der Waals surface area contributed by atoms with E-state index in [-0.39, 0.29) is 31.4 Å². The fourth-order valence-electron chi connectivity index (χ4n) is 0.780. The maximum Gasteiger partial charge on any atom is 0.509 e. The maximum absolute atomic E-state index is 11.0. The van der Waals surface area contributed by atoms with Gasteiger partial charge in [0.05, 0.1) is 0 Å². The van der Waals surface area contributed by atoms with E-state index in [1.54, 1.807) is 0 Å². The van der Waals surface area contributed by atoms with Crippen molar-refractivity contribution in [1.82, 2.24) is 0 Å². The Morgan fingerprint density at radius 1 is 0.842 bits per heavy atom. The van der Waals surface area contributed by atoms with Gasteiger partial charge in [-0.3, -0.25) is 9.59 Å². The summed E-state index contributed by atoms with van der Waals surface area (Å²) in [7, 11) is 0. The van der Waals surface area contributed by atoms with Crippen molar-refractivity contribution in [2.45, 2.75) is 26.9 Å². The molecule has 0 amide bonds. The molecule has 0 fully saturated rings. The Balaban J connectivity index is 3.76. The van der Waals surface area contributed by atoms with Gasteiger partial charge in [0, 0.05) is 0 Å². The molecule has 0 aromatic carbocycles. The minimum atomic E-state index is -1.04.